The van der Waals surface area contributed by atoms with Crippen molar-refractivity contribution in [3.05, 3.63) is 35.9 Å². The fourth-order valence-electron chi connectivity index (χ4n) is 0.470. The van der Waals surface area contributed by atoms with Crippen LogP contribution in [-0.4, -0.2) is 23.1 Å². The molecule has 0 heterocycles. The van der Waals surface area contributed by atoms with E-state index in [1.54, 1.807) is 0 Å². The maximum atomic E-state index is 2.93. The number of halogens is 1. The molecule has 0 amide bonds. The van der Waals surface area contributed by atoms with Crippen molar-refractivity contribution < 1.29 is 24.0 Å². The standard InChI is InChI=1S/C7H7.HI.Mg/c1-7-5-3-2-4-6-7;;/h3-6H,1H3;1H;/q-1;;+2/p-1. The number of hydrogen-bond donors (Lipinski definition) is 0. The van der Waals surface area contributed by atoms with E-state index >= 15 is 0 Å². The van der Waals surface area contributed by atoms with E-state index < -0.39 is 0 Å². The van der Waals surface area contributed by atoms with Crippen molar-refractivity contribution in [2.75, 3.05) is 0 Å². The van der Waals surface area contributed by atoms with Crippen molar-refractivity contribution in [3.63, 3.8) is 0 Å². The summed E-state index contributed by atoms with van der Waals surface area (Å²) in [7, 11) is 0. The van der Waals surface area contributed by atoms with Crippen LogP contribution in [0, 0.1) is 13.0 Å². The summed E-state index contributed by atoms with van der Waals surface area (Å²) in [5, 5.41) is 0. The maximum absolute atomic E-state index is 2.93. The molecular formula is C7H7IMg. The first-order valence-corrected chi connectivity index (χ1v) is 2.32. The van der Waals surface area contributed by atoms with Gasteiger partial charge in [-0.05, 0) is 0 Å². The van der Waals surface area contributed by atoms with Gasteiger partial charge >= 0.3 is 23.1 Å². The van der Waals surface area contributed by atoms with Crippen LogP contribution in [0.25, 0.3) is 0 Å². The topological polar surface area (TPSA) is 0 Å². The second-order valence-corrected chi connectivity index (χ2v) is 1.58. The van der Waals surface area contributed by atoms with Crippen molar-refractivity contribution in [1.29, 1.82) is 0 Å². The van der Waals surface area contributed by atoms with E-state index in [0.29, 0.717) is 0 Å². The summed E-state index contributed by atoms with van der Waals surface area (Å²) in [4.78, 5) is 0. The van der Waals surface area contributed by atoms with E-state index in [-0.39, 0.29) is 47.0 Å². The first-order chi connectivity index (χ1) is 3.39. The molecule has 44 valence electrons. The fraction of sp³-hybridized carbons (Fsp3) is 0.143. The molecule has 0 aliphatic carbocycles. The molecule has 9 heavy (non-hydrogen) atoms. The Kier molecular flexibility index (Phi) is 9.41. The molecule has 0 radical (unpaired) electrons. The molecule has 0 unspecified atom stereocenters. The van der Waals surface area contributed by atoms with Crippen LogP contribution in [0.2, 0.25) is 0 Å². The minimum absolute atomic E-state index is 0. The first kappa shape index (κ1) is 12.4. The molecule has 0 fully saturated rings. The van der Waals surface area contributed by atoms with Crippen molar-refractivity contribution in [3.8, 4) is 0 Å². The molecule has 0 aliphatic rings. The summed E-state index contributed by atoms with van der Waals surface area (Å²) < 4.78 is 0. The van der Waals surface area contributed by atoms with Crippen molar-refractivity contribution in [1.82, 2.24) is 0 Å². The first-order valence-electron chi connectivity index (χ1n) is 2.32. The Balaban J connectivity index is 0. The molecule has 1 aromatic carbocycles. The summed E-state index contributed by atoms with van der Waals surface area (Å²) in [6.45, 7) is 2.06. The van der Waals surface area contributed by atoms with Gasteiger partial charge in [-0.1, -0.05) is 6.92 Å². The van der Waals surface area contributed by atoms with Crippen molar-refractivity contribution in [2.45, 2.75) is 6.92 Å². The molecule has 0 saturated carbocycles. The van der Waals surface area contributed by atoms with Crippen LogP contribution in [0.15, 0.2) is 24.3 Å². The van der Waals surface area contributed by atoms with E-state index in [2.05, 4.69) is 13.0 Å². The van der Waals surface area contributed by atoms with Gasteiger partial charge in [0, 0.05) is 0 Å². The van der Waals surface area contributed by atoms with Crippen molar-refractivity contribution in [2.24, 2.45) is 0 Å². The zero-order valence-corrected chi connectivity index (χ0v) is 8.97. The van der Waals surface area contributed by atoms with E-state index in [0.717, 1.165) is 0 Å². The zero-order chi connectivity index (χ0) is 5.11. The van der Waals surface area contributed by atoms with Crippen LogP contribution >= 0.6 is 0 Å². The molecular weight excluding hydrogens is 235 g/mol. The largest absolute Gasteiger partial charge is 2.00 e. The van der Waals surface area contributed by atoms with Crippen LogP contribution in [0.5, 0.6) is 0 Å². The average molecular weight is 242 g/mol. The fourth-order valence-corrected chi connectivity index (χ4v) is 0.470. The Morgan fingerprint density at radius 1 is 1.22 bits per heavy atom. The summed E-state index contributed by atoms with van der Waals surface area (Å²) in [6, 6.07) is 10.8. The third kappa shape index (κ3) is 5.18. The monoisotopic (exact) mass is 242 g/mol. The minimum atomic E-state index is 0. The van der Waals surface area contributed by atoms with Gasteiger partial charge in [0.1, 0.15) is 0 Å². The van der Waals surface area contributed by atoms with Crippen molar-refractivity contribution >= 4 is 23.1 Å². The Labute approximate surface area is 89.2 Å². The number of hydrogen-bond acceptors (Lipinski definition) is 0. The quantitative estimate of drug-likeness (QED) is 0.293. The molecule has 0 N–H and O–H groups in total. The summed E-state index contributed by atoms with van der Waals surface area (Å²) in [6.07, 6.45) is 0. The van der Waals surface area contributed by atoms with Crippen LogP contribution in [0.3, 0.4) is 0 Å². The predicted molar refractivity (Wildman–Crippen MR) is 35.8 cm³/mol. The van der Waals surface area contributed by atoms with Crippen LogP contribution in [0.4, 0.5) is 0 Å². The summed E-state index contributed by atoms with van der Waals surface area (Å²) in [5.41, 5.74) is 1.29. The molecule has 0 spiro atoms. The smallest absolute Gasteiger partial charge is 1.00 e. The SMILES string of the molecule is Cc1cc[c-]cc1.[I-].[Mg+2]. The van der Waals surface area contributed by atoms with Gasteiger partial charge in [-0.25, -0.2) is 0 Å². The Morgan fingerprint density at radius 2 is 1.67 bits per heavy atom. The Bertz CT molecular complexity index is 139. The maximum Gasteiger partial charge on any atom is 2.00 e. The summed E-state index contributed by atoms with van der Waals surface area (Å²) >= 11 is 0. The normalized spacial score (nSPS) is 6.78. The van der Waals surface area contributed by atoms with Gasteiger partial charge in [-0.2, -0.15) is 35.9 Å². The molecule has 0 atom stereocenters. The molecule has 0 bridgehead atoms. The van der Waals surface area contributed by atoms with E-state index in [1.807, 2.05) is 24.3 Å². The molecule has 0 aliphatic heterocycles. The van der Waals surface area contributed by atoms with E-state index in [1.165, 1.54) is 5.56 Å². The van der Waals surface area contributed by atoms with Gasteiger partial charge in [0.2, 0.25) is 0 Å². The number of benzene rings is 1. The average Bonchev–Trinajstić information content (AvgIpc) is 1.69. The predicted octanol–water partition coefficient (Wildman–Crippen LogP) is -1.58. The number of rotatable bonds is 0. The molecule has 1 rings (SSSR count). The van der Waals surface area contributed by atoms with Gasteiger partial charge in [-0.15, -0.1) is 0 Å². The Hall–Kier alpha value is 0.716. The zero-order valence-electron chi connectivity index (χ0n) is 5.39. The number of aryl methyl sites for hydroxylation is 1. The van der Waals surface area contributed by atoms with E-state index in [9.17, 15) is 0 Å². The molecule has 0 aromatic heterocycles. The van der Waals surface area contributed by atoms with Crippen LogP contribution in [0.1, 0.15) is 5.56 Å². The van der Waals surface area contributed by atoms with Gasteiger partial charge in [-0.3, -0.25) is 0 Å². The van der Waals surface area contributed by atoms with Gasteiger partial charge in [0.15, 0.2) is 0 Å². The van der Waals surface area contributed by atoms with Crippen LogP contribution in [-0.2, 0) is 0 Å². The Morgan fingerprint density at radius 3 is 1.89 bits per heavy atom. The van der Waals surface area contributed by atoms with Gasteiger partial charge < -0.3 is 24.0 Å². The third-order valence-electron chi connectivity index (χ3n) is 0.885. The van der Waals surface area contributed by atoms with Gasteiger partial charge in [0.25, 0.3) is 0 Å². The molecule has 0 saturated heterocycles. The molecule has 0 nitrogen and oxygen atoms in total. The van der Waals surface area contributed by atoms with Crippen LogP contribution < -0.4 is 24.0 Å². The summed E-state index contributed by atoms with van der Waals surface area (Å²) in [5.74, 6) is 0. The second kappa shape index (κ2) is 6.83. The molecule has 2 heteroatoms. The second-order valence-electron chi connectivity index (χ2n) is 1.58. The third-order valence-corrected chi connectivity index (χ3v) is 0.885. The minimum Gasteiger partial charge on any atom is -1.00 e. The molecule has 1 aromatic rings. The van der Waals surface area contributed by atoms with Gasteiger partial charge in [0.05, 0.1) is 0 Å². The van der Waals surface area contributed by atoms with E-state index in [4.69, 9.17) is 0 Å².